The van der Waals surface area contributed by atoms with Crippen molar-refractivity contribution in [2.24, 2.45) is 0 Å². The molecule has 4 aromatic rings. The summed E-state index contributed by atoms with van der Waals surface area (Å²) in [4.78, 5) is 16.1. The molecule has 6 nitrogen and oxygen atoms in total. The fourth-order valence-electron chi connectivity index (χ4n) is 2.84. The van der Waals surface area contributed by atoms with Crippen LogP contribution in [0, 0.1) is 0 Å². The maximum absolute atomic E-state index is 6.26. The molecule has 2 heterocycles. The van der Waals surface area contributed by atoms with Crippen LogP contribution < -0.4 is 10.1 Å². The summed E-state index contributed by atoms with van der Waals surface area (Å²) in [6.45, 7) is 2.08. The summed E-state index contributed by atoms with van der Waals surface area (Å²) in [5.41, 5.74) is 3.85. The highest BCUT2D eigenvalue weighted by atomic mass is 35.5. The van der Waals surface area contributed by atoms with Gasteiger partial charge < -0.3 is 15.0 Å². The third kappa shape index (κ3) is 2.85. The summed E-state index contributed by atoms with van der Waals surface area (Å²) in [5, 5.41) is 4.81. The molecule has 0 spiro atoms. The lowest BCUT2D eigenvalue weighted by Gasteiger charge is -2.16. The average Bonchev–Trinajstić information content (AvgIpc) is 3.09. The van der Waals surface area contributed by atoms with E-state index in [1.807, 2.05) is 18.2 Å². The number of hydrogen-bond acceptors (Lipinski definition) is 5. The number of H-pyrrole nitrogens is 1. The molecule has 0 bridgehead atoms. The molecular formula is C18H16ClN5O. The van der Waals surface area contributed by atoms with Crippen molar-refractivity contribution in [1.29, 1.82) is 0 Å². The first-order valence-electron chi connectivity index (χ1n) is 7.83. The highest BCUT2D eigenvalue weighted by molar-refractivity contribution is 6.33. The number of nitrogens with one attached hydrogen (secondary N) is 2. The predicted octanol–water partition coefficient (Wildman–Crippen LogP) is 4.34. The van der Waals surface area contributed by atoms with E-state index in [1.165, 1.54) is 6.33 Å². The number of aromatic amines is 1. The van der Waals surface area contributed by atoms with E-state index in [0.717, 1.165) is 33.3 Å². The Bertz CT molecular complexity index is 1060. The molecule has 0 fully saturated rings. The Hall–Kier alpha value is -2.86. The van der Waals surface area contributed by atoms with E-state index < -0.39 is 0 Å². The zero-order valence-electron chi connectivity index (χ0n) is 13.7. The van der Waals surface area contributed by atoms with Gasteiger partial charge in [0.25, 0.3) is 0 Å². The van der Waals surface area contributed by atoms with Crippen LogP contribution in [0.2, 0.25) is 5.02 Å². The van der Waals surface area contributed by atoms with Crippen molar-refractivity contribution < 1.29 is 4.74 Å². The lowest BCUT2D eigenvalue weighted by molar-refractivity contribution is 0.415. The van der Waals surface area contributed by atoms with Crippen molar-refractivity contribution >= 4 is 39.4 Å². The van der Waals surface area contributed by atoms with Gasteiger partial charge in [-0.3, -0.25) is 0 Å². The number of nitrogens with zero attached hydrogens (tertiary/aromatic N) is 3. The van der Waals surface area contributed by atoms with Crippen LogP contribution in [0.15, 0.2) is 43.0 Å². The molecule has 0 aliphatic rings. The lowest BCUT2D eigenvalue weighted by Crippen LogP contribution is -2.08. The quantitative estimate of drug-likeness (QED) is 0.570. The third-order valence-electron chi connectivity index (χ3n) is 4.21. The molecular weight excluding hydrogens is 338 g/mol. The second-order valence-corrected chi connectivity index (χ2v) is 6.18. The number of anilines is 1. The molecule has 0 aliphatic heterocycles. The standard InChI is InChI=1S/C18H16ClN5O/c1-10(11-3-4-14-16(5-11)22-8-20-14)24-18-12-6-13(19)17(25-2)7-15(12)21-9-23-18/h3-10H,1-2H3,(H,20,22)(H,21,23,24). The number of benzene rings is 2. The molecule has 0 aliphatic carbocycles. The fraction of sp³-hybridized carbons (Fsp3) is 0.167. The van der Waals surface area contributed by atoms with Crippen LogP contribution in [0.1, 0.15) is 18.5 Å². The fourth-order valence-corrected chi connectivity index (χ4v) is 3.08. The van der Waals surface area contributed by atoms with E-state index in [-0.39, 0.29) is 6.04 Å². The minimum atomic E-state index is 0.0478. The first kappa shape index (κ1) is 15.7. The molecule has 0 saturated heterocycles. The molecule has 0 amide bonds. The molecule has 2 aromatic carbocycles. The zero-order chi connectivity index (χ0) is 17.4. The van der Waals surface area contributed by atoms with Gasteiger partial charge in [-0.15, -0.1) is 0 Å². The van der Waals surface area contributed by atoms with Crippen LogP contribution in [0.4, 0.5) is 5.82 Å². The van der Waals surface area contributed by atoms with Gasteiger partial charge >= 0.3 is 0 Å². The van der Waals surface area contributed by atoms with Crippen molar-refractivity contribution in [2.45, 2.75) is 13.0 Å². The lowest BCUT2D eigenvalue weighted by atomic mass is 10.1. The number of aromatic nitrogens is 4. The van der Waals surface area contributed by atoms with Crippen molar-refractivity contribution in [2.75, 3.05) is 12.4 Å². The SMILES string of the molecule is COc1cc2ncnc(NC(C)c3ccc4nc[nH]c4c3)c2cc1Cl. The maximum Gasteiger partial charge on any atom is 0.139 e. The molecule has 2 N–H and O–H groups in total. The molecule has 0 saturated carbocycles. The normalized spacial score (nSPS) is 12.4. The number of ether oxygens (including phenoxy) is 1. The molecule has 25 heavy (non-hydrogen) atoms. The van der Waals surface area contributed by atoms with E-state index in [9.17, 15) is 0 Å². The van der Waals surface area contributed by atoms with E-state index in [1.54, 1.807) is 13.4 Å². The number of rotatable bonds is 4. The Labute approximate surface area is 149 Å². The van der Waals surface area contributed by atoms with Crippen LogP contribution in [-0.4, -0.2) is 27.0 Å². The first-order chi connectivity index (χ1) is 12.2. The van der Waals surface area contributed by atoms with Crippen LogP contribution >= 0.6 is 11.6 Å². The summed E-state index contributed by atoms with van der Waals surface area (Å²) in [6.07, 6.45) is 3.22. The number of fused-ring (bicyclic) bond motifs is 2. The molecule has 7 heteroatoms. The van der Waals surface area contributed by atoms with E-state index in [2.05, 4.69) is 44.3 Å². The average molecular weight is 354 g/mol. The molecule has 1 unspecified atom stereocenters. The Kier molecular flexibility index (Phi) is 3.89. The monoisotopic (exact) mass is 353 g/mol. The molecule has 2 aromatic heterocycles. The number of imidazole rings is 1. The highest BCUT2D eigenvalue weighted by Crippen LogP contribution is 2.32. The van der Waals surface area contributed by atoms with Gasteiger partial charge in [0.05, 0.1) is 41.1 Å². The van der Waals surface area contributed by atoms with Gasteiger partial charge in [0.2, 0.25) is 0 Å². The van der Waals surface area contributed by atoms with E-state index in [4.69, 9.17) is 16.3 Å². The van der Waals surface area contributed by atoms with Crippen molar-refractivity contribution in [3.8, 4) is 5.75 Å². The maximum atomic E-state index is 6.26. The Balaban J connectivity index is 1.70. The number of methoxy groups -OCH3 is 1. The van der Waals surface area contributed by atoms with Crippen molar-refractivity contribution in [1.82, 2.24) is 19.9 Å². The Morgan fingerprint density at radius 3 is 2.84 bits per heavy atom. The van der Waals surface area contributed by atoms with Gasteiger partial charge in [-0.1, -0.05) is 17.7 Å². The zero-order valence-corrected chi connectivity index (χ0v) is 14.5. The molecule has 0 radical (unpaired) electrons. The minimum absolute atomic E-state index is 0.0478. The van der Waals surface area contributed by atoms with Crippen LogP contribution in [-0.2, 0) is 0 Å². The molecule has 1 atom stereocenters. The summed E-state index contributed by atoms with van der Waals surface area (Å²) >= 11 is 6.26. The van der Waals surface area contributed by atoms with Gasteiger partial charge in [0.15, 0.2) is 0 Å². The van der Waals surface area contributed by atoms with Gasteiger partial charge in [-0.05, 0) is 30.7 Å². The number of hydrogen-bond donors (Lipinski definition) is 2. The molecule has 126 valence electrons. The largest absolute Gasteiger partial charge is 0.495 e. The van der Waals surface area contributed by atoms with Gasteiger partial charge in [0.1, 0.15) is 17.9 Å². The summed E-state index contributed by atoms with van der Waals surface area (Å²) in [5.74, 6) is 1.32. The summed E-state index contributed by atoms with van der Waals surface area (Å²) in [7, 11) is 1.58. The first-order valence-corrected chi connectivity index (χ1v) is 8.21. The van der Waals surface area contributed by atoms with Gasteiger partial charge in [-0.2, -0.15) is 0 Å². The van der Waals surface area contributed by atoms with E-state index in [0.29, 0.717) is 10.8 Å². The summed E-state index contributed by atoms with van der Waals surface area (Å²) < 4.78 is 5.25. The van der Waals surface area contributed by atoms with Crippen molar-refractivity contribution in [3.63, 3.8) is 0 Å². The summed E-state index contributed by atoms with van der Waals surface area (Å²) in [6, 6.07) is 9.82. The Morgan fingerprint density at radius 1 is 1.12 bits per heavy atom. The highest BCUT2D eigenvalue weighted by Gasteiger charge is 2.13. The smallest absolute Gasteiger partial charge is 0.139 e. The van der Waals surface area contributed by atoms with Crippen LogP contribution in [0.3, 0.4) is 0 Å². The van der Waals surface area contributed by atoms with Crippen LogP contribution in [0.5, 0.6) is 5.75 Å². The van der Waals surface area contributed by atoms with Gasteiger partial charge in [-0.25, -0.2) is 15.0 Å². The second-order valence-electron chi connectivity index (χ2n) is 5.77. The third-order valence-corrected chi connectivity index (χ3v) is 4.50. The molecule has 4 rings (SSSR count). The van der Waals surface area contributed by atoms with Gasteiger partial charge in [0, 0.05) is 11.5 Å². The van der Waals surface area contributed by atoms with Crippen LogP contribution in [0.25, 0.3) is 21.9 Å². The second kappa shape index (κ2) is 6.22. The predicted molar refractivity (Wildman–Crippen MR) is 99.2 cm³/mol. The van der Waals surface area contributed by atoms with E-state index >= 15 is 0 Å². The topological polar surface area (TPSA) is 75.7 Å². The number of halogens is 1. The Morgan fingerprint density at radius 2 is 2.00 bits per heavy atom. The van der Waals surface area contributed by atoms with Crippen molar-refractivity contribution in [3.05, 3.63) is 53.6 Å². The minimum Gasteiger partial charge on any atom is -0.495 e.